The summed E-state index contributed by atoms with van der Waals surface area (Å²) in [6.07, 6.45) is 2.83. The van der Waals surface area contributed by atoms with Gasteiger partial charge in [0.1, 0.15) is 11.6 Å². The van der Waals surface area contributed by atoms with Crippen LogP contribution in [0.3, 0.4) is 0 Å². The van der Waals surface area contributed by atoms with Crippen molar-refractivity contribution in [1.82, 2.24) is 14.6 Å². The predicted molar refractivity (Wildman–Crippen MR) is 104 cm³/mol. The van der Waals surface area contributed by atoms with Gasteiger partial charge in [0.15, 0.2) is 5.65 Å². The highest BCUT2D eigenvalue weighted by Gasteiger charge is 2.21. The van der Waals surface area contributed by atoms with E-state index in [9.17, 15) is 4.39 Å². The van der Waals surface area contributed by atoms with Crippen LogP contribution in [-0.4, -0.2) is 34.4 Å². The first-order chi connectivity index (χ1) is 13.1. The lowest BCUT2D eigenvalue weighted by Crippen LogP contribution is -2.15. The molecule has 1 saturated heterocycles. The molecule has 1 N–H and O–H groups in total. The molecule has 5 nitrogen and oxygen atoms in total. The molecule has 3 aromatic rings. The molecular weight excluding hydrogens is 343 g/mol. The van der Waals surface area contributed by atoms with Gasteiger partial charge in [0.25, 0.3) is 0 Å². The van der Waals surface area contributed by atoms with Crippen LogP contribution in [0.5, 0.6) is 0 Å². The molecule has 6 heteroatoms. The van der Waals surface area contributed by atoms with Gasteiger partial charge in [0, 0.05) is 43.0 Å². The predicted octanol–water partition coefficient (Wildman–Crippen LogP) is 4.03. The molecule has 2 aromatic heterocycles. The Balaban J connectivity index is 1.57. The highest BCUT2D eigenvalue weighted by atomic mass is 19.1. The standard InChI is InChI=1S/C21H25FN4O/c1-14-15(2)24-20-13-19(17-8-11-27-12-9-17)25-26(20)21(14)23-10-7-16-3-5-18(22)6-4-16/h3-6,13,17,23H,7-12H2,1-2H3. The normalized spacial score (nSPS) is 15.4. The Morgan fingerprint density at radius 3 is 2.67 bits per heavy atom. The minimum atomic E-state index is -0.203. The number of aryl methyl sites for hydroxylation is 1. The average molecular weight is 368 g/mol. The zero-order valence-electron chi connectivity index (χ0n) is 15.8. The van der Waals surface area contributed by atoms with Crippen LogP contribution in [0.15, 0.2) is 30.3 Å². The van der Waals surface area contributed by atoms with E-state index in [1.807, 2.05) is 23.6 Å². The van der Waals surface area contributed by atoms with Crippen molar-refractivity contribution in [3.63, 3.8) is 0 Å². The topological polar surface area (TPSA) is 51.5 Å². The van der Waals surface area contributed by atoms with E-state index < -0.39 is 0 Å². The molecule has 1 aliphatic heterocycles. The average Bonchev–Trinajstić information content (AvgIpc) is 3.10. The minimum Gasteiger partial charge on any atom is -0.381 e. The largest absolute Gasteiger partial charge is 0.381 e. The number of benzene rings is 1. The molecule has 0 atom stereocenters. The molecule has 0 aliphatic carbocycles. The van der Waals surface area contributed by atoms with Crippen molar-refractivity contribution in [3.05, 3.63) is 58.7 Å². The van der Waals surface area contributed by atoms with E-state index in [0.29, 0.717) is 5.92 Å². The lowest BCUT2D eigenvalue weighted by atomic mass is 9.97. The van der Waals surface area contributed by atoms with Crippen molar-refractivity contribution >= 4 is 11.5 Å². The molecule has 142 valence electrons. The van der Waals surface area contributed by atoms with E-state index in [4.69, 9.17) is 14.8 Å². The van der Waals surface area contributed by atoms with Gasteiger partial charge in [0.2, 0.25) is 0 Å². The number of halogens is 1. The summed E-state index contributed by atoms with van der Waals surface area (Å²) in [7, 11) is 0. The van der Waals surface area contributed by atoms with Gasteiger partial charge >= 0.3 is 0 Å². The van der Waals surface area contributed by atoms with Crippen LogP contribution in [-0.2, 0) is 11.2 Å². The fourth-order valence-corrected chi connectivity index (χ4v) is 3.60. The SMILES string of the molecule is Cc1nc2cc(C3CCOCC3)nn2c(NCCc2ccc(F)cc2)c1C. The van der Waals surface area contributed by atoms with Crippen LogP contribution in [0.1, 0.15) is 41.3 Å². The molecule has 0 saturated carbocycles. The Bertz CT molecular complexity index is 929. The smallest absolute Gasteiger partial charge is 0.157 e. The Morgan fingerprint density at radius 2 is 1.93 bits per heavy atom. The maximum atomic E-state index is 13.1. The van der Waals surface area contributed by atoms with Crippen LogP contribution < -0.4 is 5.32 Å². The monoisotopic (exact) mass is 368 g/mol. The quantitative estimate of drug-likeness (QED) is 0.739. The first-order valence-electron chi connectivity index (χ1n) is 9.55. The van der Waals surface area contributed by atoms with Gasteiger partial charge in [-0.2, -0.15) is 9.61 Å². The second kappa shape index (κ2) is 7.64. The van der Waals surface area contributed by atoms with Crippen LogP contribution >= 0.6 is 0 Å². The molecule has 0 unspecified atom stereocenters. The van der Waals surface area contributed by atoms with Crippen LogP contribution in [0.2, 0.25) is 0 Å². The molecule has 0 amide bonds. The summed E-state index contributed by atoms with van der Waals surface area (Å²) >= 11 is 0. The highest BCUT2D eigenvalue weighted by Crippen LogP contribution is 2.28. The van der Waals surface area contributed by atoms with E-state index in [2.05, 4.69) is 18.3 Å². The fourth-order valence-electron chi connectivity index (χ4n) is 3.60. The zero-order chi connectivity index (χ0) is 18.8. The van der Waals surface area contributed by atoms with Gasteiger partial charge in [-0.05, 0) is 50.8 Å². The first-order valence-corrected chi connectivity index (χ1v) is 9.55. The van der Waals surface area contributed by atoms with Crippen molar-refractivity contribution in [3.8, 4) is 0 Å². The summed E-state index contributed by atoms with van der Waals surface area (Å²) in [6.45, 7) is 6.44. The Hall–Kier alpha value is -2.47. The van der Waals surface area contributed by atoms with Gasteiger partial charge in [-0.1, -0.05) is 12.1 Å². The van der Waals surface area contributed by atoms with Crippen molar-refractivity contribution < 1.29 is 9.13 Å². The number of anilines is 1. The van der Waals surface area contributed by atoms with Gasteiger partial charge in [0.05, 0.1) is 5.69 Å². The Labute approximate surface area is 158 Å². The Morgan fingerprint density at radius 1 is 1.19 bits per heavy atom. The Kier molecular flexibility index (Phi) is 5.07. The van der Waals surface area contributed by atoms with Gasteiger partial charge in [-0.3, -0.25) is 0 Å². The van der Waals surface area contributed by atoms with Crippen LogP contribution in [0.25, 0.3) is 5.65 Å². The number of rotatable bonds is 5. The second-order valence-corrected chi connectivity index (χ2v) is 7.20. The van der Waals surface area contributed by atoms with Crippen molar-refractivity contribution in [2.75, 3.05) is 25.1 Å². The van der Waals surface area contributed by atoms with Gasteiger partial charge < -0.3 is 10.1 Å². The summed E-state index contributed by atoms with van der Waals surface area (Å²) in [5, 5.41) is 8.38. The van der Waals surface area contributed by atoms with E-state index >= 15 is 0 Å². The maximum Gasteiger partial charge on any atom is 0.157 e. The number of fused-ring (bicyclic) bond motifs is 1. The fraction of sp³-hybridized carbons (Fsp3) is 0.429. The number of nitrogens with one attached hydrogen (secondary N) is 1. The third-order valence-corrected chi connectivity index (χ3v) is 5.36. The van der Waals surface area contributed by atoms with E-state index in [1.165, 1.54) is 12.1 Å². The van der Waals surface area contributed by atoms with E-state index in [1.54, 1.807) is 0 Å². The first kappa shape index (κ1) is 17.9. The summed E-state index contributed by atoms with van der Waals surface area (Å²) < 4.78 is 20.5. The summed E-state index contributed by atoms with van der Waals surface area (Å²) in [4.78, 5) is 4.71. The third kappa shape index (κ3) is 3.81. The van der Waals surface area contributed by atoms with Crippen molar-refractivity contribution in [2.24, 2.45) is 0 Å². The van der Waals surface area contributed by atoms with Gasteiger partial charge in [-0.25, -0.2) is 9.37 Å². The minimum absolute atomic E-state index is 0.203. The second-order valence-electron chi connectivity index (χ2n) is 7.20. The summed E-state index contributed by atoms with van der Waals surface area (Å²) in [5.74, 6) is 1.22. The van der Waals surface area contributed by atoms with E-state index in [0.717, 1.165) is 73.0 Å². The maximum absolute atomic E-state index is 13.1. The molecule has 1 aromatic carbocycles. The summed E-state index contributed by atoms with van der Waals surface area (Å²) in [5.41, 5.74) is 5.18. The third-order valence-electron chi connectivity index (χ3n) is 5.36. The number of aromatic nitrogens is 3. The molecule has 0 bridgehead atoms. The molecule has 1 aliphatic rings. The lowest BCUT2D eigenvalue weighted by Gasteiger charge is -2.19. The molecule has 1 fully saturated rings. The number of hydrogen-bond acceptors (Lipinski definition) is 4. The molecule has 0 radical (unpaired) electrons. The highest BCUT2D eigenvalue weighted by molar-refractivity contribution is 5.55. The zero-order valence-corrected chi connectivity index (χ0v) is 15.8. The molecule has 4 rings (SSSR count). The van der Waals surface area contributed by atoms with Crippen molar-refractivity contribution in [2.45, 2.75) is 39.0 Å². The number of nitrogens with zero attached hydrogens (tertiary/aromatic N) is 3. The molecule has 0 spiro atoms. The molecule has 27 heavy (non-hydrogen) atoms. The van der Waals surface area contributed by atoms with E-state index in [-0.39, 0.29) is 5.82 Å². The number of hydrogen-bond donors (Lipinski definition) is 1. The lowest BCUT2D eigenvalue weighted by molar-refractivity contribution is 0.0844. The molecule has 3 heterocycles. The molecular formula is C21H25FN4O. The summed E-state index contributed by atoms with van der Waals surface area (Å²) in [6, 6.07) is 8.77. The van der Waals surface area contributed by atoms with Gasteiger partial charge in [-0.15, -0.1) is 0 Å². The van der Waals surface area contributed by atoms with Crippen LogP contribution in [0.4, 0.5) is 10.2 Å². The van der Waals surface area contributed by atoms with Crippen LogP contribution in [0, 0.1) is 19.7 Å². The van der Waals surface area contributed by atoms with Crippen molar-refractivity contribution in [1.29, 1.82) is 0 Å². The number of ether oxygens (including phenoxy) is 1.